The number of carbonyl (C=O) groups excluding carboxylic acids is 3. The number of amides is 4. The van der Waals surface area contributed by atoms with Crippen LogP contribution in [0.3, 0.4) is 0 Å². The van der Waals surface area contributed by atoms with Crippen LogP contribution in [0.15, 0.2) is 78.5 Å². The molecule has 0 bridgehead atoms. The normalized spacial score (nSPS) is 18.1. The van der Waals surface area contributed by atoms with Crippen molar-refractivity contribution in [3.63, 3.8) is 0 Å². The monoisotopic (exact) mass is 501 g/mol. The molecular formula is C29H35N5O3. The van der Waals surface area contributed by atoms with Crippen molar-refractivity contribution in [2.24, 2.45) is 0 Å². The summed E-state index contributed by atoms with van der Waals surface area (Å²) in [4.78, 5) is 45.8. The first kappa shape index (κ1) is 26.2. The molecule has 2 N–H and O–H groups in total. The van der Waals surface area contributed by atoms with Crippen LogP contribution in [0.2, 0.25) is 0 Å². The highest BCUT2D eigenvalue weighted by molar-refractivity contribution is 6.03. The molecule has 0 radical (unpaired) electrons. The van der Waals surface area contributed by atoms with Crippen molar-refractivity contribution in [2.45, 2.75) is 25.4 Å². The summed E-state index contributed by atoms with van der Waals surface area (Å²) in [5.74, 6) is -0.445. The molecule has 0 fully saturated rings. The van der Waals surface area contributed by atoms with Crippen LogP contribution in [0.1, 0.15) is 22.7 Å². The molecule has 37 heavy (non-hydrogen) atoms. The molecule has 194 valence electrons. The molecule has 4 rings (SSSR count). The molecule has 8 nitrogen and oxygen atoms in total. The van der Waals surface area contributed by atoms with Crippen molar-refractivity contribution in [3.05, 3.63) is 95.2 Å². The number of nitrogens with one attached hydrogen (secondary N) is 2. The lowest BCUT2D eigenvalue weighted by Crippen LogP contribution is -2.50. The number of rotatable bonds is 10. The summed E-state index contributed by atoms with van der Waals surface area (Å²) in [6.07, 6.45) is 2.01. The Morgan fingerprint density at radius 2 is 1.95 bits per heavy atom. The van der Waals surface area contributed by atoms with E-state index >= 15 is 0 Å². The predicted molar refractivity (Wildman–Crippen MR) is 144 cm³/mol. The van der Waals surface area contributed by atoms with Crippen LogP contribution in [0.25, 0.3) is 0 Å². The average Bonchev–Trinajstić information content (AvgIpc) is 3.21. The van der Waals surface area contributed by atoms with E-state index in [4.69, 9.17) is 0 Å². The molecule has 4 amide bonds. The number of likely N-dealkylation sites (N-methyl/N-ethyl adjacent to an activating group) is 1. The fourth-order valence-electron chi connectivity index (χ4n) is 4.89. The molecule has 0 saturated carbocycles. The SMILES string of the molecule is C=CCN1C(=O)N[C@H](c2cccc(C)c2)C2=C1CN([C@@H](Cc1ccccc1)C(=O)NCCN(C)C)C2=O. The number of benzene rings is 2. The first-order valence-electron chi connectivity index (χ1n) is 12.6. The van der Waals surface area contributed by atoms with Gasteiger partial charge in [0.15, 0.2) is 0 Å². The summed E-state index contributed by atoms with van der Waals surface area (Å²) in [5, 5.41) is 6.01. The van der Waals surface area contributed by atoms with E-state index < -0.39 is 12.1 Å². The van der Waals surface area contributed by atoms with E-state index in [1.807, 2.05) is 80.5 Å². The van der Waals surface area contributed by atoms with Gasteiger partial charge in [0.2, 0.25) is 5.91 Å². The van der Waals surface area contributed by atoms with Crippen molar-refractivity contribution in [1.29, 1.82) is 0 Å². The molecule has 0 aromatic heterocycles. The number of hydrogen-bond donors (Lipinski definition) is 2. The largest absolute Gasteiger partial charge is 0.353 e. The Balaban J connectivity index is 1.70. The molecule has 0 saturated heterocycles. The second-order valence-corrected chi connectivity index (χ2v) is 9.79. The highest BCUT2D eigenvalue weighted by Gasteiger charge is 2.46. The first-order valence-corrected chi connectivity index (χ1v) is 12.6. The lowest BCUT2D eigenvalue weighted by molar-refractivity contribution is -0.136. The van der Waals surface area contributed by atoms with Crippen molar-refractivity contribution in [3.8, 4) is 0 Å². The maximum absolute atomic E-state index is 14.1. The molecular weight excluding hydrogens is 466 g/mol. The van der Waals surface area contributed by atoms with Crippen molar-refractivity contribution < 1.29 is 14.4 Å². The van der Waals surface area contributed by atoms with Gasteiger partial charge in [0.25, 0.3) is 5.91 Å². The second kappa shape index (κ2) is 11.4. The molecule has 0 unspecified atom stereocenters. The predicted octanol–water partition coefficient (Wildman–Crippen LogP) is 2.63. The van der Waals surface area contributed by atoms with E-state index in [9.17, 15) is 14.4 Å². The third-order valence-electron chi connectivity index (χ3n) is 6.75. The maximum Gasteiger partial charge on any atom is 0.322 e. The van der Waals surface area contributed by atoms with Crippen molar-refractivity contribution >= 4 is 17.8 Å². The van der Waals surface area contributed by atoms with E-state index in [-0.39, 0.29) is 30.9 Å². The average molecular weight is 502 g/mol. The van der Waals surface area contributed by atoms with Crippen LogP contribution in [0.4, 0.5) is 4.79 Å². The molecule has 0 aliphatic carbocycles. The summed E-state index contributed by atoms with van der Waals surface area (Å²) in [6.45, 7) is 7.37. The third-order valence-corrected chi connectivity index (χ3v) is 6.75. The van der Waals surface area contributed by atoms with Gasteiger partial charge in [0.1, 0.15) is 6.04 Å². The Morgan fingerprint density at radius 1 is 1.19 bits per heavy atom. The quantitative estimate of drug-likeness (QED) is 0.490. The highest BCUT2D eigenvalue weighted by atomic mass is 16.2. The second-order valence-electron chi connectivity index (χ2n) is 9.79. The van der Waals surface area contributed by atoms with Gasteiger partial charge < -0.3 is 20.4 Å². The number of aryl methyl sites for hydroxylation is 1. The van der Waals surface area contributed by atoms with Gasteiger partial charge in [-0.05, 0) is 32.1 Å². The standard InChI is InChI=1S/C29H35N5O3/c1-5-15-33-24-19-34(23(18-21-11-7-6-8-12-21)27(35)30-14-16-32(3)4)28(36)25(24)26(31-29(33)37)22-13-9-10-20(2)17-22/h5-13,17,23,26H,1,14-16,18-19H2,2-4H3,(H,30,35)(H,31,37)/t23-,26+/m0/s1. The Hall–Kier alpha value is -3.91. The van der Waals surface area contributed by atoms with Crippen molar-refractivity contribution in [1.82, 2.24) is 25.3 Å². The van der Waals surface area contributed by atoms with Gasteiger partial charge in [0.05, 0.1) is 23.9 Å². The minimum atomic E-state index is -0.721. The molecule has 2 heterocycles. The summed E-state index contributed by atoms with van der Waals surface area (Å²) >= 11 is 0. The Bertz CT molecular complexity index is 1210. The smallest absolute Gasteiger partial charge is 0.322 e. The summed E-state index contributed by atoms with van der Waals surface area (Å²) in [5.41, 5.74) is 3.96. The van der Waals surface area contributed by atoms with Crippen LogP contribution in [-0.4, -0.2) is 78.9 Å². The number of carbonyl (C=O) groups is 3. The van der Waals surface area contributed by atoms with Gasteiger partial charge in [-0.3, -0.25) is 14.5 Å². The zero-order valence-corrected chi connectivity index (χ0v) is 21.7. The molecule has 8 heteroatoms. The van der Waals surface area contributed by atoms with E-state index in [0.717, 1.165) is 16.7 Å². The van der Waals surface area contributed by atoms with Gasteiger partial charge in [-0.1, -0.05) is 66.2 Å². The lowest BCUT2D eigenvalue weighted by atomic mass is 9.94. The van der Waals surface area contributed by atoms with Gasteiger partial charge >= 0.3 is 6.03 Å². The van der Waals surface area contributed by atoms with E-state index in [2.05, 4.69) is 17.2 Å². The van der Waals surface area contributed by atoms with Crippen LogP contribution in [0.5, 0.6) is 0 Å². The van der Waals surface area contributed by atoms with Crippen LogP contribution in [-0.2, 0) is 16.0 Å². The number of nitrogens with zero attached hydrogens (tertiary/aromatic N) is 3. The number of urea groups is 1. The van der Waals surface area contributed by atoms with Crippen molar-refractivity contribution in [2.75, 3.05) is 40.3 Å². The van der Waals surface area contributed by atoms with E-state index in [0.29, 0.717) is 30.8 Å². The third kappa shape index (κ3) is 5.75. The maximum atomic E-state index is 14.1. The Kier molecular flexibility index (Phi) is 8.08. The zero-order valence-electron chi connectivity index (χ0n) is 21.7. The summed E-state index contributed by atoms with van der Waals surface area (Å²) < 4.78 is 0. The summed E-state index contributed by atoms with van der Waals surface area (Å²) in [7, 11) is 3.89. The lowest BCUT2D eigenvalue weighted by Gasteiger charge is -2.33. The van der Waals surface area contributed by atoms with Gasteiger partial charge in [-0.15, -0.1) is 6.58 Å². The molecule has 2 aliphatic heterocycles. The first-order chi connectivity index (χ1) is 17.8. The number of hydrogen-bond acceptors (Lipinski definition) is 4. The molecule has 0 spiro atoms. The van der Waals surface area contributed by atoms with E-state index in [1.165, 1.54) is 0 Å². The van der Waals surface area contributed by atoms with Crippen LogP contribution in [0, 0.1) is 6.92 Å². The molecule has 2 aliphatic rings. The minimum absolute atomic E-state index is 0.177. The summed E-state index contributed by atoms with van der Waals surface area (Å²) in [6, 6.07) is 15.9. The molecule has 2 aromatic rings. The molecule has 2 aromatic carbocycles. The fraction of sp³-hybridized carbons (Fsp3) is 0.345. The zero-order chi connectivity index (χ0) is 26.5. The highest BCUT2D eigenvalue weighted by Crippen LogP contribution is 2.37. The van der Waals surface area contributed by atoms with Gasteiger partial charge in [0, 0.05) is 26.1 Å². The Morgan fingerprint density at radius 3 is 2.62 bits per heavy atom. The fourth-order valence-corrected chi connectivity index (χ4v) is 4.89. The van der Waals surface area contributed by atoms with Crippen LogP contribution < -0.4 is 10.6 Å². The van der Waals surface area contributed by atoms with Crippen LogP contribution >= 0.6 is 0 Å². The topological polar surface area (TPSA) is 85.0 Å². The van der Waals surface area contributed by atoms with E-state index in [1.54, 1.807) is 15.9 Å². The van der Waals surface area contributed by atoms with Gasteiger partial charge in [-0.25, -0.2) is 4.79 Å². The molecule has 2 atom stereocenters. The minimum Gasteiger partial charge on any atom is -0.353 e. The van der Waals surface area contributed by atoms with Gasteiger partial charge in [-0.2, -0.15) is 0 Å². The Labute approximate surface area is 218 Å².